The molecule has 9 heteroatoms. The van der Waals surface area contributed by atoms with Gasteiger partial charge in [-0.2, -0.15) is 0 Å². The summed E-state index contributed by atoms with van der Waals surface area (Å²) in [7, 11) is 2.90. The molecule has 7 nitrogen and oxygen atoms in total. The van der Waals surface area contributed by atoms with Crippen LogP contribution in [0.25, 0.3) is 0 Å². The fourth-order valence-electron chi connectivity index (χ4n) is 3.95. The number of methoxy groups -OCH3 is 2. The summed E-state index contributed by atoms with van der Waals surface area (Å²) in [5.41, 5.74) is 0.162. The normalized spacial score (nSPS) is 22.6. The highest BCUT2D eigenvalue weighted by molar-refractivity contribution is 7.09. The average Bonchev–Trinajstić information content (AvgIpc) is 3.27. The fourth-order valence-corrected chi connectivity index (χ4v) is 4.82. The molecule has 1 N–H and O–H groups in total. The summed E-state index contributed by atoms with van der Waals surface area (Å²) in [6.07, 6.45) is 1.91. The van der Waals surface area contributed by atoms with E-state index in [0.717, 1.165) is 16.4 Å². The summed E-state index contributed by atoms with van der Waals surface area (Å²) in [6, 6.07) is 1.53. The van der Waals surface area contributed by atoms with Crippen LogP contribution in [0.1, 0.15) is 34.4 Å². The molecule has 0 saturated heterocycles. The zero-order chi connectivity index (χ0) is 21.6. The number of nitrogens with one attached hydrogen (secondary N) is 1. The number of carbonyl (C=O) groups excluding carboxylic acids is 2. The number of ether oxygens (including phenoxy) is 3. The molecule has 0 amide bonds. The van der Waals surface area contributed by atoms with Gasteiger partial charge >= 0.3 is 0 Å². The van der Waals surface area contributed by atoms with Gasteiger partial charge in [0.15, 0.2) is 5.75 Å². The molecule has 2 aromatic rings. The van der Waals surface area contributed by atoms with Crippen molar-refractivity contribution in [1.29, 1.82) is 0 Å². The van der Waals surface area contributed by atoms with E-state index in [4.69, 9.17) is 25.8 Å². The maximum atomic E-state index is 13.4. The van der Waals surface area contributed by atoms with Crippen molar-refractivity contribution in [1.82, 2.24) is 10.3 Å². The second-order valence-electron chi connectivity index (χ2n) is 7.32. The minimum absolute atomic E-state index is 0.126. The quantitative estimate of drug-likeness (QED) is 0.697. The number of ketones is 2. The van der Waals surface area contributed by atoms with E-state index in [1.165, 1.54) is 26.4 Å². The van der Waals surface area contributed by atoms with Crippen molar-refractivity contribution in [2.24, 2.45) is 5.92 Å². The predicted molar refractivity (Wildman–Crippen MR) is 113 cm³/mol. The minimum Gasteiger partial charge on any atom is -0.496 e. The average molecular weight is 449 g/mol. The number of benzene rings is 1. The van der Waals surface area contributed by atoms with Gasteiger partial charge < -0.3 is 19.5 Å². The van der Waals surface area contributed by atoms with Crippen molar-refractivity contribution in [3.05, 3.63) is 44.5 Å². The number of hydrogen-bond acceptors (Lipinski definition) is 8. The molecule has 0 bridgehead atoms. The lowest BCUT2D eigenvalue weighted by Crippen LogP contribution is -2.55. The molecule has 1 aromatic carbocycles. The highest BCUT2D eigenvalue weighted by Crippen LogP contribution is 2.52. The Labute approximate surface area is 183 Å². The molecule has 4 rings (SSSR count). The number of aromatic nitrogens is 1. The highest BCUT2D eigenvalue weighted by atomic mass is 35.5. The molecule has 30 heavy (non-hydrogen) atoms. The van der Waals surface area contributed by atoms with Crippen molar-refractivity contribution in [2.75, 3.05) is 14.2 Å². The van der Waals surface area contributed by atoms with Gasteiger partial charge in [-0.3, -0.25) is 9.59 Å². The first-order chi connectivity index (χ1) is 14.3. The van der Waals surface area contributed by atoms with Crippen LogP contribution < -0.4 is 19.5 Å². The number of allylic oxidation sites excluding steroid dienone is 1. The molecule has 1 spiro atoms. The molecule has 2 unspecified atom stereocenters. The van der Waals surface area contributed by atoms with E-state index in [2.05, 4.69) is 10.3 Å². The van der Waals surface area contributed by atoms with Gasteiger partial charge in [0.2, 0.25) is 17.2 Å². The van der Waals surface area contributed by atoms with E-state index in [1.807, 2.05) is 19.2 Å². The molecule has 1 aromatic heterocycles. The van der Waals surface area contributed by atoms with E-state index >= 15 is 0 Å². The molecule has 2 aliphatic rings. The van der Waals surface area contributed by atoms with Gasteiger partial charge in [0.05, 0.1) is 31.5 Å². The van der Waals surface area contributed by atoms with E-state index in [-0.39, 0.29) is 22.1 Å². The van der Waals surface area contributed by atoms with Gasteiger partial charge in [-0.25, -0.2) is 4.98 Å². The van der Waals surface area contributed by atoms with Crippen LogP contribution in [-0.4, -0.2) is 36.4 Å². The SMILES string of the molecule is COc1cc(OC)c2c(c1Cl)OC1(C(=O)C=C(NCc3csc(C)n3)CC1C)C2=O. The number of aryl methyl sites for hydroxylation is 1. The van der Waals surface area contributed by atoms with E-state index in [1.54, 1.807) is 11.3 Å². The van der Waals surface area contributed by atoms with Crippen molar-refractivity contribution in [2.45, 2.75) is 32.4 Å². The van der Waals surface area contributed by atoms with Crippen LogP contribution in [0.4, 0.5) is 0 Å². The number of halogens is 1. The summed E-state index contributed by atoms with van der Waals surface area (Å²) >= 11 is 7.96. The monoisotopic (exact) mass is 448 g/mol. The third-order valence-corrected chi connectivity index (χ3v) is 6.65. The minimum atomic E-state index is -1.66. The molecular formula is C21H21ClN2O5S. The molecule has 1 aliphatic heterocycles. The maximum Gasteiger partial charge on any atom is 0.236 e. The van der Waals surface area contributed by atoms with Crippen molar-refractivity contribution >= 4 is 34.5 Å². The number of thiazole rings is 1. The molecule has 2 heterocycles. The summed E-state index contributed by atoms with van der Waals surface area (Å²) in [4.78, 5) is 31.1. The first-order valence-corrected chi connectivity index (χ1v) is 10.7. The third kappa shape index (κ3) is 3.06. The van der Waals surface area contributed by atoms with Crippen molar-refractivity contribution < 1.29 is 23.8 Å². The number of Topliss-reactive ketones (excluding diaryl/α,β-unsaturated/α-hetero) is 1. The largest absolute Gasteiger partial charge is 0.496 e. The maximum absolute atomic E-state index is 13.4. The van der Waals surface area contributed by atoms with Crippen molar-refractivity contribution in [3.8, 4) is 17.2 Å². The van der Waals surface area contributed by atoms with Gasteiger partial charge in [-0.05, 0) is 13.3 Å². The molecular weight excluding hydrogens is 428 g/mol. The lowest BCUT2D eigenvalue weighted by molar-refractivity contribution is -0.129. The standard InChI is InChI=1S/C21H21ClN2O5S/c1-10-5-12(23-8-13-9-30-11(2)24-13)6-16(25)21(10)20(26)17-14(27-3)7-15(28-4)18(22)19(17)29-21/h6-7,9-10,23H,5,8H2,1-4H3. The third-order valence-electron chi connectivity index (χ3n) is 5.47. The Bertz CT molecular complexity index is 1080. The summed E-state index contributed by atoms with van der Waals surface area (Å²) in [5.74, 6) is -0.579. The van der Waals surface area contributed by atoms with Crippen LogP contribution >= 0.6 is 22.9 Å². The van der Waals surface area contributed by atoms with Crippen LogP contribution in [0, 0.1) is 12.8 Å². The summed E-state index contributed by atoms with van der Waals surface area (Å²) in [6.45, 7) is 4.27. The Hall–Kier alpha value is -2.58. The molecule has 1 aliphatic carbocycles. The topological polar surface area (TPSA) is 86.8 Å². The highest BCUT2D eigenvalue weighted by Gasteiger charge is 2.60. The van der Waals surface area contributed by atoms with E-state index in [0.29, 0.717) is 18.7 Å². The van der Waals surface area contributed by atoms with Gasteiger partial charge in [-0.15, -0.1) is 11.3 Å². The fraction of sp³-hybridized carbons (Fsp3) is 0.381. The molecule has 0 fully saturated rings. The molecule has 2 atom stereocenters. The first kappa shape index (κ1) is 20.7. The van der Waals surface area contributed by atoms with Gasteiger partial charge in [0.25, 0.3) is 0 Å². The Balaban J connectivity index is 1.66. The summed E-state index contributed by atoms with van der Waals surface area (Å²) in [5, 5.41) is 6.35. The van der Waals surface area contributed by atoms with Gasteiger partial charge in [-0.1, -0.05) is 18.5 Å². The smallest absolute Gasteiger partial charge is 0.236 e. The Kier molecular flexibility index (Phi) is 5.23. The van der Waals surface area contributed by atoms with Crippen LogP contribution in [0.15, 0.2) is 23.2 Å². The van der Waals surface area contributed by atoms with Crippen LogP contribution in [0.3, 0.4) is 0 Å². The summed E-state index contributed by atoms with van der Waals surface area (Å²) < 4.78 is 16.6. The number of hydrogen-bond donors (Lipinski definition) is 1. The lowest BCUT2D eigenvalue weighted by atomic mass is 9.74. The van der Waals surface area contributed by atoms with Crippen LogP contribution in [0.2, 0.25) is 5.02 Å². The number of nitrogens with zero attached hydrogens (tertiary/aromatic N) is 1. The van der Waals surface area contributed by atoms with Gasteiger partial charge in [0, 0.05) is 29.1 Å². The molecule has 0 radical (unpaired) electrons. The second-order valence-corrected chi connectivity index (χ2v) is 8.76. The number of rotatable bonds is 5. The Morgan fingerprint density at radius 3 is 2.67 bits per heavy atom. The first-order valence-electron chi connectivity index (χ1n) is 9.40. The van der Waals surface area contributed by atoms with Gasteiger partial charge in [0.1, 0.15) is 22.1 Å². The zero-order valence-corrected chi connectivity index (χ0v) is 18.6. The number of carbonyl (C=O) groups is 2. The number of fused-ring (bicyclic) bond motifs is 1. The Morgan fingerprint density at radius 1 is 1.33 bits per heavy atom. The van der Waals surface area contributed by atoms with Crippen LogP contribution in [-0.2, 0) is 11.3 Å². The lowest BCUT2D eigenvalue weighted by Gasteiger charge is -2.35. The second kappa shape index (κ2) is 7.59. The molecule has 158 valence electrons. The van der Waals surface area contributed by atoms with Crippen molar-refractivity contribution in [3.63, 3.8) is 0 Å². The van der Waals surface area contributed by atoms with Crippen LogP contribution in [0.5, 0.6) is 17.2 Å². The van der Waals surface area contributed by atoms with E-state index in [9.17, 15) is 9.59 Å². The van der Waals surface area contributed by atoms with E-state index < -0.39 is 23.1 Å². The Morgan fingerprint density at radius 2 is 2.07 bits per heavy atom. The predicted octanol–water partition coefficient (Wildman–Crippen LogP) is 3.72. The molecule has 0 saturated carbocycles. The zero-order valence-electron chi connectivity index (χ0n) is 17.0.